The van der Waals surface area contributed by atoms with Gasteiger partial charge in [-0.25, -0.2) is 5.01 Å². The van der Waals surface area contributed by atoms with Gasteiger partial charge in [0.05, 0.1) is 18.7 Å². The maximum atomic E-state index is 12.4. The number of hydrogen-bond donors (Lipinski definition) is 1. The zero-order valence-electron chi connectivity index (χ0n) is 13.9. The topological polar surface area (TPSA) is 71.0 Å². The predicted molar refractivity (Wildman–Crippen MR) is 90.2 cm³/mol. The van der Waals surface area contributed by atoms with Crippen LogP contribution >= 0.6 is 0 Å². The lowest BCUT2D eigenvalue weighted by Gasteiger charge is -2.25. The van der Waals surface area contributed by atoms with Crippen LogP contribution in [0.15, 0.2) is 35.4 Å². The van der Waals surface area contributed by atoms with Crippen molar-refractivity contribution < 1.29 is 14.3 Å². The van der Waals surface area contributed by atoms with Crippen molar-refractivity contribution in [2.75, 3.05) is 6.61 Å². The van der Waals surface area contributed by atoms with Crippen LogP contribution in [-0.4, -0.2) is 41.3 Å². The number of amides is 2. The number of carbonyl (C=O) groups is 2. The molecule has 0 saturated carbocycles. The van der Waals surface area contributed by atoms with Crippen LogP contribution < -0.4 is 5.32 Å². The minimum atomic E-state index is -0.205. The smallest absolute Gasteiger partial charge is 0.267 e. The lowest BCUT2D eigenvalue weighted by Crippen LogP contribution is -2.46. The van der Waals surface area contributed by atoms with E-state index in [1.807, 2.05) is 37.3 Å². The summed E-state index contributed by atoms with van der Waals surface area (Å²) in [6.45, 7) is 3.09. The molecule has 6 nitrogen and oxygen atoms in total. The van der Waals surface area contributed by atoms with Crippen LogP contribution in [0.3, 0.4) is 0 Å². The number of hydrogen-bond acceptors (Lipinski definition) is 4. The minimum Gasteiger partial charge on any atom is -0.376 e. The highest BCUT2D eigenvalue weighted by atomic mass is 16.5. The number of nitrogens with one attached hydrogen (secondary N) is 1. The van der Waals surface area contributed by atoms with Gasteiger partial charge < -0.3 is 10.1 Å². The minimum absolute atomic E-state index is 0.0529. The number of rotatable bonds is 5. The molecule has 2 aliphatic rings. The van der Waals surface area contributed by atoms with E-state index < -0.39 is 0 Å². The average molecular weight is 329 g/mol. The predicted octanol–water partition coefficient (Wildman–Crippen LogP) is 1.85. The van der Waals surface area contributed by atoms with Crippen molar-refractivity contribution >= 4 is 17.5 Å². The Balaban J connectivity index is 1.64. The van der Waals surface area contributed by atoms with Crippen molar-refractivity contribution in [2.45, 2.75) is 51.3 Å². The van der Waals surface area contributed by atoms with Crippen LogP contribution in [0.25, 0.3) is 0 Å². The molecule has 1 aromatic carbocycles. The highest BCUT2D eigenvalue weighted by molar-refractivity contribution is 6.39. The van der Waals surface area contributed by atoms with Gasteiger partial charge in [0.2, 0.25) is 5.91 Å². The fourth-order valence-corrected chi connectivity index (χ4v) is 3.02. The molecule has 0 spiro atoms. The third-order valence-electron chi connectivity index (χ3n) is 4.42. The molecule has 1 saturated heterocycles. The molecular formula is C18H23N3O3. The molecule has 3 rings (SSSR count). The molecule has 0 aromatic heterocycles. The molecule has 2 amide bonds. The summed E-state index contributed by atoms with van der Waals surface area (Å²) in [5.41, 5.74) is 1.40. The fourth-order valence-electron chi connectivity index (χ4n) is 3.02. The van der Waals surface area contributed by atoms with Crippen LogP contribution in [-0.2, 0) is 20.9 Å². The van der Waals surface area contributed by atoms with E-state index in [4.69, 9.17) is 4.74 Å². The number of benzene rings is 1. The second kappa shape index (κ2) is 7.57. The Kier molecular flexibility index (Phi) is 5.25. The van der Waals surface area contributed by atoms with Crippen molar-refractivity contribution in [3.05, 3.63) is 35.9 Å². The average Bonchev–Trinajstić information content (AvgIpc) is 3.12. The van der Waals surface area contributed by atoms with Gasteiger partial charge in [-0.1, -0.05) is 30.3 Å². The first-order valence-electron chi connectivity index (χ1n) is 8.48. The van der Waals surface area contributed by atoms with Gasteiger partial charge in [-0.05, 0) is 25.3 Å². The molecule has 2 atom stereocenters. The van der Waals surface area contributed by atoms with E-state index in [-0.39, 0.29) is 24.0 Å². The zero-order valence-corrected chi connectivity index (χ0v) is 13.9. The maximum absolute atomic E-state index is 12.4. The molecule has 2 aliphatic heterocycles. The van der Waals surface area contributed by atoms with Crippen LogP contribution in [0, 0.1) is 0 Å². The molecule has 1 aromatic rings. The quantitative estimate of drug-likeness (QED) is 0.896. The highest BCUT2D eigenvalue weighted by Crippen LogP contribution is 2.17. The first-order chi connectivity index (χ1) is 11.6. The van der Waals surface area contributed by atoms with Gasteiger partial charge in [0.25, 0.3) is 5.91 Å². The van der Waals surface area contributed by atoms with Gasteiger partial charge in [0.1, 0.15) is 5.71 Å². The van der Waals surface area contributed by atoms with E-state index >= 15 is 0 Å². The third kappa shape index (κ3) is 4.00. The van der Waals surface area contributed by atoms with Crippen molar-refractivity contribution in [1.82, 2.24) is 10.3 Å². The fraction of sp³-hybridized carbons (Fsp3) is 0.500. The standard InChI is InChI=1S/C18H23N3O3/c1-13(16-8-5-11-24-16)19-18(23)15-9-10-17(22)21(20-15)12-14-6-3-2-4-7-14/h2-4,6-7,13,16H,5,8-12H2,1H3,(H,19,23)/t13-,16-/m0/s1. The van der Waals surface area contributed by atoms with Gasteiger partial charge in [-0.15, -0.1) is 0 Å². The van der Waals surface area contributed by atoms with Gasteiger partial charge in [-0.3, -0.25) is 9.59 Å². The van der Waals surface area contributed by atoms with Crippen LogP contribution in [0.4, 0.5) is 0 Å². The number of nitrogens with zero attached hydrogens (tertiary/aromatic N) is 2. The lowest BCUT2D eigenvalue weighted by atomic mass is 10.1. The van der Waals surface area contributed by atoms with E-state index in [0.29, 0.717) is 25.1 Å². The van der Waals surface area contributed by atoms with E-state index in [1.54, 1.807) is 0 Å². The molecule has 0 bridgehead atoms. The first kappa shape index (κ1) is 16.6. The van der Waals surface area contributed by atoms with Crippen molar-refractivity contribution in [3.63, 3.8) is 0 Å². The van der Waals surface area contributed by atoms with Gasteiger partial charge in [-0.2, -0.15) is 5.10 Å². The normalized spacial score (nSPS) is 22.2. The van der Waals surface area contributed by atoms with Crippen molar-refractivity contribution in [1.29, 1.82) is 0 Å². The summed E-state index contributed by atoms with van der Waals surface area (Å²) in [5, 5.41) is 8.64. The molecule has 24 heavy (non-hydrogen) atoms. The van der Waals surface area contributed by atoms with E-state index in [2.05, 4.69) is 10.4 Å². The molecule has 1 N–H and O–H groups in total. The maximum Gasteiger partial charge on any atom is 0.267 e. The van der Waals surface area contributed by atoms with Crippen molar-refractivity contribution in [3.8, 4) is 0 Å². The summed E-state index contributed by atoms with van der Waals surface area (Å²) >= 11 is 0. The second-order valence-electron chi connectivity index (χ2n) is 6.30. The van der Waals surface area contributed by atoms with Crippen molar-refractivity contribution in [2.24, 2.45) is 5.10 Å². The van der Waals surface area contributed by atoms with Crippen LogP contribution in [0.1, 0.15) is 38.2 Å². The Morgan fingerprint density at radius 1 is 1.38 bits per heavy atom. The molecule has 2 heterocycles. The van der Waals surface area contributed by atoms with Crippen LogP contribution in [0.5, 0.6) is 0 Å². The van der Waals surface area contributed by atoms with E-state index in [1.165, 1.54) is 5.01 Å². The molecule has 6 heteroatoms. The number of ether oxygens (including phenoxy) is 1. The van der Waals surface area contributed by atoms with E-state index in [9.17, 15) is 9.59 Å². The van der Waals surface area contributed by atoms with Gasteiger partial charge in [0.15, 0.2) is 0 Å². The summed E-state index contributed by atoms with van der Waals surface area (Å²) in [4.78, 5) is 24.5. The lowest BCUT2D eigenvalue weighted by molar-refractivity contribution is -0.132. The third-order valence-corrected chi connectivity index (χ3v) is 4.42. The molecule has 1 fully saturated rings. The summed E-state index contributed by atoms with van der Waals surface area (Å²) in [6.07, 6.45) is 2.76. The molecule has 0 radical (unpaired) electrons. The number of carbonyl (C=O) groups excluding carboxylic acids is 2. The van der Waals surface area contributed by atoms with Gasteiger partial charge >= 0.3 is 0 Å². The Labute approximate surface area is 141 Å². The monoisotopic (exact) mass is 329 g/mol. The zero-order chi connectivity index (χ0) is 16.9. The Morgan fingerprint density at radius 3 is 2.88 bits per heavy atom. The molecular weight excluding hydrogens is 306 g/mol. The Morgan fingerprint density at radius 2 is 2.17 bits per heavy atom. The SMILES string of the molecule is C[C@H](NC(=O)C1=NN(Cc2ccccc2)C(=O)CC1)[C@@H]1CCCO1. The Bertz CT molecular complexity index is 624. The summed E-state index contributed by atoms with van der Waals surface area (Å²) in [6, 6.07) is 9.60. The highest BCUT2D eigenvalue weighted by Gasteiger charge is 2.28. The molecule has 0 aliphatic carbocycles. The molecule has 128 valence electrons. The van der Waals surface area contributed by atoms with Crippen LogP contribution in [0.2, 0.25) is 0 Å². The second-order valence-corrected chi connectivity index (χ2v) is 6.30. The summed E-state index contributed by atoms with van der Waals surface area (Å²) in [5.74, 6) is -0.258. The largest absolute Gasteiger partial charge is 0.376 e. The molecule has 0 unspecified atom stereocenters. The summed E-state index contributed by atoms with van der Waals surface area (Å²) in [7, 11) is 0. The van der Waals surface area contributed by atoms with Gasteiger partial charge in [0, 0.05) is 19.4 Å². The first-order valence-corrected chi connectivity index (χ1v) is 8.48. The number of hydrazone groups is 1. The Hall–Kier alpha value is -2.21. The van der Waals surface area contributed by atoms with E-state index in [0.717, 1.165) is 25.0 Å². The summed E-state index contributed by atoms with van der Waals surface area (Å²) < 4.78 is 5.60.